The third-order valence-corrected chi connectivity index (χ3v) is 5.51. The topological polar surface area (TPSA) is 79.9 Å². The predicted molar refractivity (Wildman–Crippen MR) is 111 cm³/mol. The molecular formula is C22H23F2N3O4. The number of nitrogens with one attached hydrogen (secondary N) is 2. The van der Waals surface area contributed by atoms with E-state index in [1.807, 2.05) is 13.0 Å². The van der Waals surface area contributed by atoms with E-state index < -0.39 is 23.6 Å². The molecule has 0 aromatic heterocycles. The molecule has 2 N–H and O–H groups in total. The number of aldehydes is 1. The van der Waals surface area contributed by atoms with Crippen molar-refractivity contribution in [2.45, 2.75) is 19.5 Å². The molecule has 0 spiro atoms. The van der Waals surface area contributed by atoms with Gasteiger partial charge in [0.1, 0.15) is 35.9 Å². The highest BCUT2D eigenvalue weighted by Gasteiger charge is 2.36. The van der Waals surface area contributed by atoms with Gasteiger partial charge in [0.15, 0.2) is 12.4 Å². The molecule has 0 saturated carbocycles. The number of fused-ring (bicyclic) bond motifs is 2. The Morgan fingerprint density at radius 1 is 1.29 bits per heavy atom. The second-order valence-corrected chi connectivity index (χ2v) is 7.72. The van der Waals surface area contributed by atoms with Crippen LogP contribution in [0.2, 0.25) is 0 Å². The molecular weight excluding hydrogens is 408 g/mol. The number of halogens is 2. The van der Waals surface area contributed by atoms with Crippen LogP contribution in [0, 0.1) is 24.5 Å². The van der Waals surface area contributed by atoms with Gasteiger partial charge in [-0.2, -0.15) is 0 Å². The molecule has 0 radical (unpaired) electrons. The minimum atomic E-state index is -0.764. The molecule has 9 heteroatoms. The molecule has 2 atom stereocenters. The number of benzene rings is 2. The van der Waals surface area contributed by atoms with Gasteiger partial charge in [-0.15, -0.1) is 0 Å². The normalized spacial score (nSPS) is 18.3. The van der Waals surface area contributed by atoms with Crippen LogP contribution in [-0.2, 0) is 16.1 Å². The molecule has 2 aliphatic heterocycles. The van der Waals surface area contributed by atoms with E-state index >= 15 is 0 Å². The van der Waals surface area contributed by atoms with Crippen LogP contribution in [0.25, 0.3) is 0 Å². The van der Waals surface area contributed by atoms with Crippen molar-refractivity contribution in [1.29, 1.82) is 0 Å². The Bertz CT molecular complexity index is 1030. The van der Waals surface area contributed by atoms with E-state index in [-0.39, 0.29) is 37.1 Å². The van der Waals surface area contributed by atoms with Crippen molar-refractivity contribution in [2.75, 3.05) is 37.0 Å². The van der Waals surface area contributed by atoms with E-state index in [0.717, 1.165) is 29.5 Å². The molecule has 2 aromatic rings. The quantitative estimate of drug-likeness (QED) is 0.684. The summed E-state index contributed by atoms with van der Waals surface area (Å²) >= 11 is 0. The maximum absolute atomic E-state index is 14.9. The molecule has 0 aliphatic carbocycles. The van der Waals surface area contributed by atoms with Gasteiger partial charge in [-0.3, -0.25) is 4.79 Å². The summed E-state index contributed by atoms with van der Waals surface area (Å²) in [5.74, 6) is -1.55. The minimum Gasteiger partial charge on any atom is -0.489 e. The van der Waals surface area contributed by atoms with E-state index in [4.69, 9.17) is 9.47 Å². The van der Waals surface area contributed by atoms with Gasteiger partial charge < -0.3 is 29.8 Å². The second-order valence-electron chi connectivity index (χ2n) is 7.72. The third kappa shape index (κ3) is 4.05. The van der Waals surface area contributed by atoms with Gasteiger partial charge in [-0.05, 0) is 31.2 Å². The molecule has 164 valence electrons. The number of aryl methyl sites for hydroxylation is 1. The Labute approximate surface area is 178 Å². The van der Waals surface area contributed by atoms with Crippen molar-refractivity contribution in [3.05, 3.63) is 47.0 Å². The molecule has 31 heavy (non-hydrogen) atoms. The third-order valence-electron chi connectivity index (χ3n) is 5.51. The Kier molecular flexibility index (Phi) is 5.77. The second kappa shape index (κ2) is 8.50. The number of amides is 1. The lowest BCUT2D eigenvalue weighted by atomic mass is 9.96. The van der Waals surface area contributed by atoms with E-state index in [0.29, 0.717) is 18.0 Å². The first kappa shape index (κ1) is 21.0. The monoisotopic (exact) mass is 431 g/mol. The molecule has 2 aromatic carbocycles. The predicted octanol–water partition coefficient (Wildman–Crippen LogP) is 2.41. The van der Waals surface area contributed by atoms with Crippen LogP contribution in [0.5, 0.6) is 11.5 Å². The van der Waals surface area contributed by atoms with Crippen LogP contribution < -0.4 is 25.0 Å². The number of carbonyl (C=O) groups is 2. The van der Waals surface area contributed by atoms with Crippen molar-refractivity contribution < 1.29 is 27.8 Å². The molecule has 0 saturated heterocycles. The lowest BCUT2D eigenvalue weighted by Crippen LogP contribution is -2.50. The Balaban J connectivity index is 1.76. The van der Waals surface area contributed by atoms with Crippen LogP contribution in [0.15, 0.2) is 24.3 Å². The molecule has 4 rings (SSSR count). The molecule has 0 bridgehead atoms. The average molecular weight is 431 g/mol. The van der Waals surface area contributed by atoms with E-state index in [2.05, 4.69) is 10.6 Å². The van der Waals surface area contributed by atoms with Crippen LogP contribution in [-0.4, -0.2) is 45.0 Å². The Morgan fingerprint density at radius 3 is 2.84 bits per heavy atom. The van der Waals surface area contributed by atoms with Crippen molar-refractivity contribution in [2.24, 2.45) is 5.92 Å². The largest absolute Gasteiger partial charge is 0.489 e. The van der Waals surface area contributed by atoms with E-state index in [9.17, 15) is 18.4 Å². The number of hydrogen-bond acceptors (Lipinski definition) is 6. The SMILES string of the molecule is CNCC(C=O)C1COc2cc(F)cc(F)c2N1Cc1cc(C)c2c(c1)NC(=O)CO2. The summed E-state index contributed by atoms with van der Waals surface area (Å²) in [4.78, 5) is 25.3. The van der Waals surface area contributed by atoms with E-state index in [1.54, 1.807) is 18.0 Å². The zero-order valence-electron chi connectivity index (χ0n) is 17.2. The minimum absolute atomic E-state index is 0.0477. The summed E-state index contributed by atoms with van der Waals surface area (Å²) in [5.41, 5.74) is 2.24. The highest BCUT2D eigenvalue weighted by molar-refractivity contribution is 5.95. The Morgan fingerprint density at radius 2 is 2.10 bits per heavy atom. The summed E-state index contributed by atoms with van der Waals surface area (Å²) in [7, 11) is 1.73. The lowest BCUT2D eigenvalue weighted by molar-refractivity contribution is -0.118. The molecule has 2 aliphatic rings. The van der Waals surface area contributed by atoms with Crippen LogP contribution in [0.1, 0.15) is 11.1 Å². The highest BCUT2D eigenvalue weighted by Crippen LogP contribution is 2.40. The van der Waals surface area contributed by atoms with Gasteiger partial charge in [0.05, 0.1) is 17.6 Å². The van der Waals surface area contributed by atoms with Gasteiger partial charge in [-0.1, -0.05) is 6.07 Å². The zero-order valence-corrected chi connectivity index (χ0v) is 17.2. The van der Waals surface area contributed by atoms with Gasteiger partial charge >= 0.3 is 0 Å². The summed E-state index contributed by atoms with van der Waals surface area (Å²) in [5, 5.41) is 5.76. The maximum atomic E-state index is 14.9. The summed E-state index contributed by atoms with van der Waals surface area (Å²) in [6, 6.07) is 5.12. The molecule has 0 fully saturated rings. The number of ether oxygens (including phenoxy) is 2. The number of nitrogens with zero attached hydrogens (tertiary/aromatic N) is 1. The smallest absolute Gasteiger partial charge is 0.262 e. The van der Waals surface area contributed by atoms with Gasteiger partial charge in [-0.25, -0.2) is 8.78 Å². The zero-order chi connectivity index (χ0) is 22.1. The fraction of sp³-hybridized carbons (Fsp3) is 0.364. The summed E-state index contributed by atoms with van der Waals surface area (Å²) in [6.07, 6.45) is 0.816. The number of carbonyl (C=O) groups excluding carboxylic acids is 2. The lowest BCUT2D eigenvalue weighted by Gasteiger charge is -2.41. The van der Waals surface area contributed by atoms with E-state index in [1.165, 1.54) is 0 Å². The maximum Gasteiger partial charge on any atom is 0.262 e. The number of rotatable bonds is 6. The van der Waals surface area contributed by atoms with Crippen LogP contribution in [0.4, 0.5) is 20.2 Å². The summed E-state index contributed by atoms with van der Waals surface area (Å²) in [6.45, 7) is 2.51. The molecule has 1 amide bonds. The van der Waals surface area contributed by atoms with Crippen LogP contribution in [0.3, 0.4) is 0 Å². The fourth-order valence-corrected chi connectivity index (χ4v) is 4.17. The highest BCUT2D eigenvalue weighted by atomic mass is 19.1. The average Bonchev–Trinajstić information content (AvgIpc) is 2.71. The molecule has 7 nitrogen and oxygen atoms in total. The Hall–Kier alpha value is -3.20. The first-order valence-electron chi connectivity index (χ1n) is 9.95. The number of anilines is 2. The van der Waals surface area contributed by atoms with Crippen molar-refractivity contribution in [1.82, 2.24) is 5.32 Å². The van der Waals surface area contributed by atoms with Crippen LogP contribution >= 0.6 is 0 Å². The summed E-state index contributed by atoms with van der Waals surface area (Å²) < 4.78 is 39.8. The molecule has 2 unspecified atom stereocenters. The van der Waals surface area contributed by atoms with Gasteiger partial charge in [0.25, 0.3) is 5.91 Å². The standard InChI is InChI=1S/C22H23F2N3O4/c1-12-3-13(4-17-22(12)31-11-20(29)26-17)8-27-18(14(9-28)7-25-2)10-30-19-6-15(23)5-16(24)21(19)27/h3-6,9,14,18,25H,7-8,10-11H2,1-2H3,(H,26,29). The first-order valence-corrected chi connectivity index (χ1v) is 9.95. The molecule has 2 heterocycles. The van der Waals surface area contributed by atoms with Gasteiger partial charge in [0, 0.05) is 25.2 Å². The first-order chi connectivity index (χ1) is 14.9. The van der Waals surface area contributed by atoms with Gasteiger partial charge in [0.2, 0.25) is 0 Å². The fourth-order valence-electron chi connectivity index (χ4n) is 4.17. The van der Waals surface area contributed by atoms with Crippen molar-refractivity contribution in [3.8, 4) is 11.5 Å². The van der Waals surface area contributed by atoms with Crippen molar-refractivity contribution in [3.63, 3.8) is 0 Å². The number of hydrogen-bond donors (Lipinski definition) is 2. The van der Waals surface area contributed by atoms with Crippen molar-refractivity contribution >= 4 is 23.6 Å².